The SMILES string of the molecule is CCCCCn1c(C)c(C(=O)O)c(O)c(-c2ccccc2)c1=O. The van der Waals surface area contributed by atoms with Crippen LogP contribution >= 0.6 is 0 Å². The van der Waals surface area contributed by atoms with Gasteiger partial charge in [0.15, 0.2) is 0 Å². The van der Waals surface area contributed by atoms with Gasteiger partial charge in [-0.25, -0.2) is 4.79 Å². The molecule has 5 nitrogen and oxygen atoms in total. The van der Waals surface area contributed by atoms with E-state index in [0.29, 0.717) is 12.1 Å². The third kappa shape index (κ3) is 3.28. The molecule has 1 heterocycles. The molecule has 2 aromatic rings. The number of aromatic nitrogens is 1. The van der Waals surface area contributed by atoms with Crippen molar-refractivity contribution >= 4 is 5.97 Å². The highest BCUT2D eigenvalue weighted by Crippen LogP contribution is 2.31. The highest BCUT2D eigenvalue weighted by Gasteiger charge is 2.24. The van der Waals surface area contributed by atoms with Gasteiger partial charge >= 0.3 is 5.97 Å². The van der Waals surface area contributed by atoms with Gasteiger partial charge in [0, 0.05) is 12.2 Å². The van der Waals surface area contributed by atoms with E-state index in [1.54, 1.807) is 37.3 Å². The highest BCUT2D eigenvalue weighted by molar-refractivity contribution is 5.95. The predicted octanol–water partition coefficient (Wildman–Crippen LogP) is 3.42. The predicted molar refractivity (Wildman–Crippen MR) is 89.0 cm³/mol. The number of nitrogens with zero attached hydrogens (tertiary/aromatic N) is 1. The molecule has 0 fully saturated rings. The molecule has 0 spiro atoms. The molecule has 0 unspecified atom stereocenters. The number of unbranched alkanes of at least 4 members (excludes halogenated alkanes) is 2. The van der Waals surface area contributed by atoms with Crippen LogP contribution in [0.5, 0.6) is 5.75 Å². The van der Waals surface area contributed by atoms with Crippen molar-refractivity contribution in [3.63, 3.8) is 0 Å². The van der Waals surface area contributed by atoms with Crippen LogP contribution in [0, 0.1) is 6.92 Å². The number of carbonyl (C=O) groups is 1. The summed E-state index contributed by atoms with van der Waals surface area (Å²) in [4.78, 5) is 24.3. The number of benzene rings is 1. The number of pyridine rings is 1. The Balaban J connectivity index is 2.71. The minimum Gasteiger partial charge on any atom is -0.506 e. The van der Waals surface area contributed by atoms with Crippen molar-refractivity contribution in [3.05, 3.63) is 51.9 Å². The van der Waals surface area contributed by atoms with Crippen LogP contribution in [0.1, 0.15) is 42.2 Å². The normalized spacial score (nSPS) is 10.7. The van der Waals surface area contributed by atoms with E-state index in [0.717, 1.165) is 19.3 Å². The molecule has 0 aliphatic heterocycles. The van der Waals surface area contributed by atoms with E-state index in [9.17, 15) is 19.8 Å². The van der Waals surface area contributed by atoms with Crippen molar-refractivity contribution in [1.29, 1.82) is 0 Å². The van der Waals surface area contributed by atoms with Crippen LogP contribution in [-0.2, 0) is 6.54 Å². The molecular weight excluding hydrogens is 294 g/mol. The lowest BCUT2D eigenvalue weighted by Crippen LogP contribution is -2.27. The van der Waals surface area contributed by atoms with Crippen molar-refractivity contribution in [2.24, 2.45) is 0 Å². The van der Waals surface area contributed by atoms with Gasteiger partial charge in [-0.05, 0) is 18.9 Å². The molecular formula is C18H21NO4. The number of rotatable bonds is 6. The summed E-state index contributed by atoms with van der Waals surface area (Å²) in [5, 5.41) is 19.8. The Labute approximate surface area is 134 Å². The third-order valence-corrected chi connectivity index (χ3v) is 3.96. The molecule has 23 heavy (non-hydrogen) atoms. The number of aromatic hydroxyl groups is 1. The number of carboxylic acid groups (broad SMARTS) is 1. The lowest BCUT2D eigenvalue weighted by atomic mass is 10.0. The second-order valence-electron chi connectivity index (χ2n) is 5.52. The van der Waals surface area contributed by atoms with Crippen molar-refractivity contribution in [1.82, 2.24) is 4.57 Å². The fourth-order valence-electron chi connectivity index (χ4n) is 2.73. The highest BCUT2D eigenvalue weighted by atomic mass is 16.4. The Morgan fingerprint density at radius 2 is 1.83 bits per heavy atom. The van der Waals surface area contributed by atoms with Crippen molar-refractivity contribution < 1.29 is 15.0 Å². The fraction of sp³-hybridized carbons (Fsp3) is 0.333. The fourth-order valence-corrected chi connectivity index (χ4v) is 2.73. The molecule has 0 aliphatic carbocycles. The Morgan fingerprint density at radius 3 is 2.39 bits per heavy atom. The summed E-state index contributed by atoms with van der Waals surface area (Å²) in [5.41, 5.74) is 0.287. The summed E-state index contributed by atoms with van der Waals surface area (Å²) in [6.07, 6.45) is 2.74. The van der Waals surface area contributed by atoms with Crippen LogP contribution in [0.2, 0.25) is 0 Å². The van der Waals surface area contributed by atoms with Crippen LogP contribution in [0.3, 0.4) is 0 Å². The first kappa shape index (κ1) is 16.8. The molecule has 1 aromatic carbocycles. The zero-order valence-corrected chi connectivity index (χ0v) is 13.4. The average molecular weight is 315 g/mol. The van der Waals surface area contributed by atoms with Crippen molar-refractivity contribution in [2.45, 2.75) is 39.7 Å². The smallest absolute Gasteiger partial charge is 0.341 e. The lowest BCUT2D eigenvalue weighted by Gasteiger charge is -2.17. The first-order valence-electron chi connectivity index (χ1n) is 7.74. The second kappa shape index (κ2) is 7.13. The number of hydrogen-bond acceptors (Lipinski definition) is 3. The van der Waals surface area contributed by atoms with E-state index in [4.69, 9.17) is 0 Å². The maximum Gasteiger partial charge on any atom is 0.341 e. The largest absolute Gasteiger partial charge is 0.506 e. The van der Waals surface area contributed by atoms with E-state index >= 15 is 0 Å². The summed E-state index contributed by atoms with van der Waals surface area (Å²) in [6.45, 7) is 4.06. The van der Waals surface area contributed by atoms with E-state index < -0.39 is 11.7 Å². The zero-order valence-electron chi connectivity index (χ0n) is 13.4. The Kier molecular flexibility index (Phi) is 5.21. The summed E-state index contributed by atoms with van der Waals surface area (Å²) >= 11 is 0. The minimum absolute atomic E-state index is 0.0464. The van der Waals surface area contributed by atoms with Gasteiger partial charge in [-0.2, -0.15) is 0 Å². The standard InChI is InChI=1S/C18H21NO4/c1-3-4-8-11-19-12(2)14(18(22)23)16(20)15(17(19)21)13-9-6-5-7-10-13/h5-7,9-10,20H,3-4,8,11H2,1-2H3,(H,22,23). The molecule has 0 aliphatic rings. The number of aromatic carboxylic acids is 1. The molecule has 1 aromatic heterocycles. The molecule has 5 heteroatoms. The van der Waals surface area contributed by atoms with Gasteiger partial charge in [-0.15, -0.1) is 0 Å². The van der Waals surface area contributed by atoms with Crippen LogP contribution < -0.4 is 5.56 Å². The molecule has 0 amide bonds. The van der Waals surface area contributed by atoms with Gasteiger partial charge in [-0.3, -0.25) is 4.79 Å². The van der Waals surface area contributed by atoms with Gasteiger partial charge < -0.3 is 14.8 Å². The molecule has 0 saturated carbocycles. The summed E-state index contributed by atoms with van der Waals surface area (Å²) in [7, 11) is 0. The molecule has 2 N–H and O–H groups in total. The maximum atomic E-state index is 12.8. The third-order valence-electron chi connectivity index (χ3n) is 3.96. The molecule has 0 saturated heterocycles. The monoisotopic (exact) mass is 315 g/mol. The van der Waals surface area contributed by atoms with Gasteiger partial charge in [0.25, 0.3) is 5.56 Å². The first-order chi connectivity index (χ1) is 11.0. The van der Waals surface area contributed by atoms with Gasteiger partial charge in [0.1, 0.15) is 11.3 Å². The van der Waals surface area contributed by atoms with Gasteiger partial charge in [0.05, 0.1) is 5.56 Å². The molecule has 122 valence electrons. The van der Waals surface area contributed by atoms with Crippen LogP contribution in [0.15, 0.2) is 35.1 Å². The Morgan fingerprint density at radius 1 is 1.17 bits per heavy atom. The first-order valence-corrected chi connectivity index (χ1v) is 7.74. The average Bonchev–Trinajstić information content (AvgIpc) is 2.51. The Bertz CT molecular complexity index is 763. The molecule has 0 bridgehead atoms. The van der Waals surface area contributed by atoms with Crippen LogP contribution in [0.4, 0.5) is 0 Å². The quantitative estimate of drug-likeness (QED) is 0.801. The molecule has 0 atom stereocenters. The number of carboxylic acids is 1. The molecule has 2 rings (SSSR count). The summed E-state index contributed by atoms with van der Waals surface area (Å²) in [6, 6.07) is 8.67. The van der Waals surface area contributed by atoms with E-state index in [1.165, 1.54) is 4.57 Å². The van der Waals surface area contributed by atoms with E-state index in [1.807, 2.05) is 0 Å². The van der Waals surface area contributed by atoms with Gasteiger partial charge in [0.2, 0.25) is 0 Å². The van der Waals surface area contributed by atoms with Gasteiger partial charge in [-0.1, -0.05) is 50.1 Å². The van der Waals surface area contributed by atoms with Crippen LogP contribution in [0.25, 0.3) is 11.1 Å². The topological polar surface area (TPSA) is 79.5 Å². The lowest BCUT2D eigenvalue weighted by molar-refractivity contribution is 0.0691. The molecule has 0 radical (unpaired) electrons. The second-order valence-corrected chi connectivity index (χ2v) is 5.52. The van der Waals surface area contributed by atoms with Crippen molar-refractivity contribution in [3.8, 4) is 16.9 Å². The number of hydrogen-bond donors (Lipinski definition) is 2. The maximum absolute atomic E-state index is 12.8. The Hall–Kier alpha value is -2.56. The van der Waals surface area contributed by atoms with Crippen LogP contribution in [-0.4, -0.2) is 20.7 Å². The van der Waals surface area contributed by atoms with Crippen molar-refractivity contribution in [2.75, 3.05) is 0 Å². The minimum atomic E-state index is -1.23. The van der Waals surface area contributed by atoms with E-state index in [2.05, 4.69) is 6.92 Å². The summed E-state index contributed by atoms with van der Waals surface area (Å²) in [5.74, 6) is -1.70. The summed E-state index contributed by atoms with van der Waals surface area (Å²) < 4.78 is 1.46. The zero-order chi connectivity index (χ0) is 17.0. The van der Waals surface area contributed by atoms with E-state index in [-0.39, 0.29) is 22.4 Å².